The summed E-state index contributed by atoms with van der Waals surface area (Å²) in [6.07, 6.45) is 22.7. The van der Waals surface area contributed by atoms with Crippen molar-refractivity contribution in [3.05, 3.63) is 96.7 Å². The van der Waals surface area contributed by atoms with Gasteiger partial charge in [0.2, 0.25) is 0 Å². The average molecular weight is 823 g/mol. The number of unbranched alkanes of at least 4 members (excludes halogenated alkanes) is 1. The molecule has 2 fully saturated rings. The van der Waals surface area contributed by atoms with E-state index >= 15 is 0 Å². The van der Waals surface area contributed by atoms with Crippen molar-refractivity contribution in [1.82, 2.24) is 0 Å². The number of carboxylic acids is 1. The molecule has 0 aromatic heterocycles. The third-order valence-electron chi connectivity index (χ3n) is 11.5. The summed E-state index contributed by atoms with van der Waals surface area (Å²) in [5, 5.41) is 52.4. The van der Waals surface area contributed by atoms with Gasteiger partial charge in [-0.25, -0.2) is 4.79 Å². The number of carbonyl (C=O) groups excluding carboxylic acids is 2. The van der Waals surface area contributed by atoms with E-state index in [1.165, 1.54) is 18.2 Å². The number of rotatable bonds is 7. The highest BCUT2D eigenvalue weighted by atomic mass is 16.6. The lowest BCUT2D eigenvalue weighted by Gasteiger charge is -2.40. The summed E-state index contributed by atoms with van der Waals surface area (Å²) < 4.78 is 24.7. The van der Waals surface area contributed by atoms with Crippen LogP contribution in [0.2, 0.25) is 0 Å². The molecular formula is C47H66O12. The van der Waals surface area contributed by atoms with E-state index < -0.39 is 73.0 Å². The minimum absolute atomic E-state index is 0.136. The number of carboxylic acid groups (broad SMARTS) is 1. The van der Waals surface area contributed by atoms with Crippen LogP contribution in [0.5, 0.6) is 0 Å². The van der Waals surface area contributed by atoms with E-state index in [2.05, 4.69) is 13.0 Å². The van der Waals surface area contributed by atoms with Crippen molar-refractivity contribution in [3.8, 4) is 0 Å². The fourth-order valence-corrected chi connectivity index (χ4v) is 7.79. The summed E-state index contributed by atoms with van der Waals surface area (Å²) >= 11 is 0. The first-order valence-corrected chi connectivity index (χ1v) is 21.2. The van der Waals surface area contributed by atoms with Crippen molar-refractivity contribution in [2.24, 2.45) is 17.8 Å². The molecular weight excluding hydrogens is 757 g/mol. The molecule has 0 aliphatic carbocycles. The molecule has 5 aliphatic rings. The van der Waals surface area contributed by atoms with E-state index in [0.717, 1.165) is 18.4 Å². The van der Waals surface area contributed by atoms with E-state index in [9.17, 15) is 34.8 Å². The number of hydrogen-bond acceptors (Lipinski definition) is 11. The van der Waals surface area contributed by atoms with Gasteiger partial charge in [0.25, 0.3) is 0 Å². The molecule has 5 aliphatic heterocycles. The van der Waals surface area contributed by atoms with Crippen LogP contribution in [0, 0.1) is 17.8 Å². The van der Waals surface area contributed by atoms with Gasteiger partial charge in [-0.05, 0) is 69.1 Å². The predicted octanol–water partition coefficient (Wildman–Crippen LogP) is 5.96. The Morgan fingerprint density at radius 3 is 2.27 bits per heavy atom. The minimum atomic E-state index is -1.24. The molecule has 0 aromatic rings. The number of esters is 1. The van der Waals surface area contributed by atoms with Gasteiger partial charge >= 0.3 is 11.9 Å². The summed E-state index contributed by atoms with van der Waals surface area (Å²) in [6, 6.07) is 0. The highest BCUT2D eigenvalue weighted by Gasteiger charge is 2.40. The molecule has 0 aromatic carbocycles. The van der Waals surface area contributed by atoms with Gasteiger partial charge in [0.15, 0.2) is 11.9 Å². The number of carbonyl (C=O) groups is 3. The molecule has 12 heteroatoms. The Morgan fingerprint density at radius 1 is 0.780 bits per heavy atom. The topological polar surface area (TPSA) is 189 Å². The van der Waals surface area contributed by atoms with E-state index in [1.807, 2.05) is 57.2 Å². The number of allylic oxidation sites excluding steroid dienone is 7. The van der Waals surface area contributed by atoms with Gasteiger partial charge in [0.1, 0.15) is 24.4 Å². The zero-order valence-corrected chi connectivity index (χ0v) is 34.9. The Balaban J connectivity index is 1.50. The fraction of sp³-hybridized carbons (Fsp3) is 0.596. The molecule has 59 heavy (non-hydrogen) atoms. The second kappa shape index (κ2) is 24.5. The summed E-state index contributed by atoms with van der Waals surface area (Å²) in [6.45, 7) is 7.75. The Labute approximate surface area is 349 Å². The first kappa shape index (κ1) is 47.9. The van der Waals surface area contributed by atoms with Crippen LogP contribution in [0.3, 0.4) is 0 Å². The molecule has 0 saturated carbocycles. The number of hydrogen-bond donors (Lipinski definition) is 5. The Hall–Kier alpha value is -3.75. The number of fused-ring (bicyclic) bond motifs is 13. The highest BCUT2D eigenvalue weighted by molar-refractivity contribution is 5.94. The summed E-state index contributed by atoms with van der Waals surface area (Å²) in [5.74, 6) is -2.03. The van der Waals surface area contributed by atoms with Crippen LogP contribution in [0.4, 0.5) is 0 Å². The molecule has 0 spiro atoms. The van der Waals surface area contributed by atoms with Gasteiger partial charge in [-0.3, -0.25) is 9.59 Å². The maximum Gasteiger partial charge on any atom is 0.331 e. The minimum Gasteiger partial charge on any atom is -0.481 e. The Bertz CT molecular complexity index is 1600. The van der Waals surface area contributed by atoms with E-state index in [4.69, 9.17) is 24.1 Å². The van der Waals surface area contributed by atoms with Gasteiger partial charge in [0.05, 0.1) is 36.6 Å². The summed E-state index contributed by atoms with van der Waals surface area (Å²) in [4.78, 5) is 36.9. The number of aliphatic hydroxyl groups is 4. The molecule has 2 saturated heterocycles. The van der Waals surface area contributed by atoms with Crippen molar-refractivity contribution in [2.75, 3.05) is 0 Å². The quantitative estimate of drug-likeness (QED) is 0.115. The molecule has 12 nitrogen and oxygen atoms in total. The molecule has 0 radical (unpaired) electrons. The number of ether oxygens (including phenoxy) is 4. The first-order chi connectivity index (χ1) is 28.2. The maximum absolute atomic E-state index is 13.1. The average Bonchev–Trinajstić information content (AvgIpc) is 3.19. The van der Waals surface area contributed by atoms with Crippen molar-refractivity contribution < 1.29 is 58.9 Å². The first-order valence-electron chi connectivity index (χ1n) is 21.2. The van der Waals surface area contributed by atoms with Crippen molar-refractivity contribution >= 4 is 17.7 Å². The molecule has 5 N–H and O–H groups in total. The van der Waals surface area contributed by atoms with Crippen LogP contribution in [0.25, 0.3) is 0 Å². The van der Waals surface area contributed by atoms with Crippen molar-refractivity contribution in [3.63, 3.8) is 0 Å². The van der Waals surface area contributed by atoms with E-state index in [1.54, 1.807) is 30.4 Å². The fourth-order valence-electron chi connectivity index (χ4n) is 7.79. The number of aliphatic hydroxyl groups excluding tert-OH is 4. The van der Waals surface area contributed by atoms with Crippen molar-refractivity contribution in [1.29, 1.82) is 0 Å². The lowest BCUT2D eigenvalue weighted by Crippen LogP contribution is -2.50. The molecule has 326 valence electrons. The van der Waals surface area contributed by atoms with E-state index in [-0.39, 0.29) is 48.9 Å². The zero-order valence-electron chi connectivity index (χ0n) is 34.9. The molecule has 5 rings (SSSR count). The highest BCUT2D eigenvalue weighted by Crippen LogP contribution is 2.32. The molecule has 0 unspecified atom stereocenters. The second-order valence-electron chi connectivity index (χ2n) is 16.4. The smallest absolute Gasteiger partial charge is 0.331 e. The molecule has 14 atom stereocenters. The Morgan fingerprint density at radius 2 is 1.51 bits per heavy atom. The maximum atomic E-state index is 13.1. The number of aliphatic carboxylic acids is 1. The van der Waals surface area contributed by atoms with Crippen LogP contribution in [-0.4, -0.2) is 110 Å². The molecule has 5 heterocycles. The van der Waals surface area contributed by atoms with Gasteiger partial charge in [0, 0.05) is 37.2 Å². The van der Waals surface area contributed by atoms with Gasteiger partial charge in [-0.1, -0.05) is 100 Å². The standard InChI is InChI=1S/C47H66O12/c1-30(17-14-15-23-44(52)53)27-31(2)47-41-26-25-34(56-47)18-10-6-5-7-12-20-36(49)46(55)43-29-38(51)33(4)40(58-43)22-16-21-39-32(3)37(50)28-42(57-39)35(48)19-11-8-9-13-24-45(54)59-41/h6,8-13,16,19-21,24-27,30,32-34,36-43,46-47,49-51,55H,5,7,14-15,17-18,22-23,28-29H2,1-4H3,(H,52,53)/b9-8+,10-6+,19-11+,20-12+,21-16+,24-13+,31-27+/t30-,32-,33-,34+,36+,37-,38+,39+,40-,41+,42-,43-,46+,47+/m1/s1. The predicted molar refractivity (Wildman–Crippen MR) is 224 cm³/mol. The lowest BCUT2D eigenvalue weighted by atomic mass is 9.85. The van der Waals surface area contributed by atoms with Gasteiger partial charge < -0.3 is 44.5 Å². The van der Waals surface area contributed by atoms with E-state index in [0.29, 0.717) is 32.1 Å². The monoisotopic (exact) mass is 822 g/mol. The zero-order chi connectivity index (χ0) is 42.9. The van der Waals surface area contributed by atoms with Crippen LogP contribution in [0.15, 0.2) is 96.7 Å². The van der Waals surface area contributed by atoms with Gasteiger partial charge in [-0.15, -0.1) is 0 Å². The lowest BCUT2D eigenvalue weighted by molar-refractivity contribution is -0.175. The molecule has 0 amide bonds. The van der Waals surface area contributed by atoms with Crippen LogP contribution < -0.4 is 0 Å². The Kier molecular flexibility index (Phi) is 19.9. The third-order valence-corrected chi connectivity index (χ3v) is 11.5. The molecule has 6 bridgehead atoms. The third kappa shape index (κ3) is 15.7. The SMILES string of the molecule is C/C(=C\[C@H](C)CCCCC(=O)O)[C@@H]1O[C@@H]2C=C[C@@H]1OC(=O)/C=C/C=C/C=C/C(=O)[C@H]1C[C@@H](O)[C@@H](C)[C@H](/C=C/C[C@H]3O[C@H](C[C@H](O)[C@H]3C)[C@@H](O)[C@@H](O)/C=C/CC/C=C/C2)O1. The van der Waals surface area contributed by atoms with Gasteiger partial charge in [-0.2, -0.15) is 0 Å². The van der Waals surface area contributed by atoms with Crippen LogP contribution >= 0.6 is 0 Å². The van der Waals surface area contributed by atoms with Crippen LogP contribution in [-0.2, 0) is 33.3 Å². The largest absolute Gasteiger partial charge is 0.481 e. The van der Waals surface area contributed by atoms with Crippen molar-refractivity contribution in [2.45, 2.75) is 159 Å². The van der Waals surface area contributed by atoms with Crippen LogP contribution in [0.1, 0.15) is 91.9 Å². The summed E-state index contributed by atoms with van der Waals surface area (Å²) in [5.41, 5.74) is 0.905. The second-order valence-corrected chi connectivity index (χ2v) is 16.4. The normalized spacial score (nSPS) is 39.5. The number of ketones is 1. The summed E-state index contributed by atoms with van der Waals surface area (Å²) in [7, 11) is 0.